The van der Waals surface area contributed by atoms with Gasteiger partial charge in [0.25, 0.3) is 0 Å². The van der Waals surface area contributed by atoms with Gasteiger partial charge in [-0.3, -0.25) is 4.99 Å². The van der Waals surface area contributed by atoms with Gasteiger partial charge in [0, 0.05) is 27.2 Å². The third-order valence-corrected chi connectivity index (χ3v) is 5.86. The molecule has 34 heavy (non-hydrogen) atoms. The molecule has 6 N–H and O–H groups in total. The van der Waals surface area contributed by atoms with Crippen LogP contribution in [0, 0.1) is 5.92 Å². The second-order valence-corrected chi connectivity index (χ2v) is 8.69. The van der Waals surface area contributed by atoms with Gasteiger partial charge in [-0.1, -0.05) is 0 Å². The summed E-state index contributed by atoms with van der Waals surface area (Å²) >= 11 is 0. The Bertz CT molecular complexity index is 1010. The molecule has 0 aromatic carbocycles. The maximum atomic E-state index is 12.2. The average Bonchev–Trinajstić information content (AvgIpc) is 3.19. The van der Waals surface area contributed by atoms with Gasteiger partial charge in [0.15, 0.2) is 22.9 Å². The van der Waals surface area contributed by atoms with Crippen LogP contribution in [0.15, 0.2) is 17.6 Å². The summed E-state index contributed by atoms with van der Waals surface area (Å²) in [7, 11) is 3.84. The number of anilines is 1. The van der Waals surface area contributed by atoms with Crippen LogP contribution in [0.25, 0.3) is 11.2 Å². The third kappa shape index (κ3) is 6.68. The number of carbonyl (C=O) groups is 2. The van der Waals surface area contributed by atoms with Crippen LogP contribution in [0.5, 0.6) is 0 Å². The molecule has 0 bridgehead atoms. The first kappa shape index (κ1) is 25.0. The molecular weight excluding hydrogens is 442 g/mol. The van der Waals surface area contributed by atoms with E-state index in [0.29, 0.717) is 31.7 Å². The van der Waals surface area contributed by atoms with Crippen molar-refractivity contribution < 1.29 is 19.4 Å². The highest BCUT2D eigenvalue weighted by atomic mass is 16.6. The lowest BCUT2D eigenvalue weighted by atomic mass is 9.87. The lowest BCUT2D eigenvalue weighted by molar-refractivity contribution is -0.139. The van der Waals surface area contributed by atoms with Gasteiger partial charge in [-0.2, -0.15) is 0 Å². The predicted octanol–water partition coefficient (Wildman–Crippen LogP) is 0.684. The fourth-order valence-electron chi connectivity index (χ4n) is 4.13. The summed E-state index contributed by atoms with van der Waals surface area (Å²) in [5.41, 5.74) is 12.1. The lowest BCUT2D eigenvalue weighted by Crippen LogP contribution is -2.42. The van der Waals surface area contributed by atoms with Gasteiger partial charge in [0.2, 0.25) is 0 Å². The summed E-state index contributed by atoms with van der Waals surface area (Å²) in [6.45, 7) is 1.07. The van der Waals surface area contributed by atoms with Gasteiger partial charge in [-0.25, -0.2) is 24.5 Å². The van der Waals surface area contributed by atoms with Crippen LogP contribution in [-0.2, 0) is 16.1 Å². The summed E-state index contributed by atoms with van der Waals surface area (Å²) in [5, 5.41) is 11.8. The first-order chi connectivity index (χ1) is 16.2. The minimum Gasteiger partial charge on any atom is -0.480 e. The summed E-state index contributed by atoms with van der Waals surface area (Å²) in [6, 6.07) is -1.05. The van der Waals surface area contributed by atoms with Crippen LogP contribution in [-0.4, -0.2) is 75.4 Å². The molecule has 1 amide bonds. The number of carboxylic acids is 1. The van der Waals surface area contributed by atoms with E-state index >= 15 is 0 Å². The number of rotatable bonds is 10. The van der Waals surface area contributed by atoms with Crippen molar-refractivity contribution in [2.75, 3.05) is 25.5 Å². The van der Waals surface area contributed by atoms with Crippen LogP contribution in [0.1, 0.15) is 38.5 Å². The minimum atomic E-state index is -1.13. The number of amides is 1. The number of alkyl carbamates (subject to hydrolysis) is 1. The third-order valence-electron chi connectivity index (χ3n) is 5.86. The molecule has 3 rings (SSSR count). The van der Waals surface area contributed by atoms with Gasteiger partial charge in [-0.15, -0.1) is 0 Å². The molecule has 0 unspecified atom stereocenters. The SMILES string of the molecule is CN(C)c1ncnc2c1ncn2CC1CCC(OC(=O)N[C@H](CCCN=C(N)N)C(=O)O)CC1. The second-order valence-electron chi connectivity index (χ2n) is 8.69. The number of nitrogens with one attached hydrogen (secondary N) is 1. The van der Waals surface area contributed by atoms with Gasteiger partial charge < -0.3 is 36.1 Å². The fourth-order valence-corrected chi connectivity index (χ4v) is 4.13. The molecule has 0 spiro atoms. The zero-order valence-corrected chi connectivity index (χ0v) is 19.6. The van der Waals surface area contributed by atoms with E-state index in [1.165, 1.54) is 0 Å². The van der Waals surface area contributed by atoms with E-state index in [9.17, 15) is 14.7 Å². The maximum absolute atomic E-state index is 12.2. The van der Waals surface area contributed by atoms with Crippen molar-refractivity contribution in [2.24, 2.45) is 22.4 Å². The molecule has 13 nitrogen and oxygen atoms in total. The number of hydrogen-bond acceptors (Lipinski definition) is 8. The number of carboxylic acid groups (broad SMARTS) is 1. The molecule has 1 aliphatic rings. The molecule has 1 atom stereocenters. The summed E-state index contributed by atoms with van der Waals surface area (Å²) in [4.78, 5) is 42.6. The molecule has 1 saturated carbocycles. The molecule has 1 aliphatic carbocycles. The smallest absolute Gasteiger partial charge is 0.408 e. The maximum Gasteiger partial charge on any atom is 0.408 e. The lowest BCUT2D eigenvalue weighted by Gasteiger charge is -2.29. The van der Waals surface area contributed by atoms with Crippen molar-refractivity contribution in [1.29, 1.82) is 0 Å². The number of aliphatic carboxylic acids is 1. The number of aliphatic imine (C=N–C) groups is 1. The largest absolute Gasteiger partial charge is 0.480 e. The van der Waals surface area contributed by atoms with Gasteiger partial charge in [0.05, 0.1) is 6.33 Å². The number of imidazole rings is 1. The Hall–Kier alpha value is -3.64. The Labute approximate surface area is 197 Å². The van der Waals surface area contributed by atoms with Crippen molar-refractivity contribution in [3.05, 3.63) is 12.7 Å². The molecule has 0 radical (unpaired) electrons. The molecule has 13 heteroatoms. The van der Waals surface area contributed by atoms with Gasteiger partial charge in [-0.05, 0) is 44.4 Å². The molecule has 0 aliphatic heterocycles. The highest BCUT2D eigenvalue weighted by Gasteiger charge is 2.27. The predicted molar refractivity (Wildman–Crippen MR) is 126 cm³/mol. The summed E-state index contributed by atoms with van der Waals surface area (Å²) in [5.74, 6) is 0.00460. The molecule has 1 fully saturated rings. The van der Waals surface area contributed by atoms with Crippen molar-refractivity contribution in [2.45, 2.75) is 57.2 Å². The van der Waals surface area contributed by atoms with Crippen molar-refractivity contribution in [3.63, 3.8) is 0 Å². The summed E-state index contributed by atoms with van der Waals surface area (Å²) in [6.07, 6.45) is 6.19. The van der Waals surface area contributed by atoms with Crippen LogP contribution >= 0.6 is 0 Å². The summed E-state index contributed by atoms with van der Waals surface area (Å²) < 4.78 is 7.53. The Morgan fingerprint density at radius 2 is 2.00 bits per heavy atom. The number of aromatic nitrogens is 4. The van der Waals surface area contributed by atoms with E-state index in [4.69, 9.17) is 16.2 Å². The highest BCUT2D eigenvalue weighted by molar-refractivity contribution is 5.83. The number of carbonyl (C=O) groups excluding carboxylic acids is 1. The second kappa shape index (κ2) is 11.5. The number of nitrogens with zero attached hydrogens (tertiary/aromatic N) is 6. The van der Waals surface area contributed by atoms with Gasteiger partial charge >= 0.3 is 12.1 Å². The van der Waals surface area contributed by atoms with Crippen LogP contribution < -0.4 is 21.7 Å². The van der Waals surface area contributed by atoms with E-state index in [1.807, 2.05) is 23.6 Å². The van der Waals surface area contributed by atoms with E-state index in [2.05, 4.69) is 25.3 Å². The Morgan fingerprint density at radius 3 is 2.65 bits per heavy atom. The standard InChI is InChI=1S/C21H33N9O4/c1-29(2)17-16-18(26-11-25-17)30(12-27-16)10-13-5-7-14(8-6-13)34-21(33)28-15(19(31)32)4-3-9-24-20(22)23/h11-15H,3-10H2,1-2H3,(H,28,33)(H,31,32)(H4,22,23,24)/t13?,14?,15-/m1/s1. The van der Waals surface area contributed by atoms with E-state index < -0.39 is 18.1 Å². The molecule has 186 valence electrons. The molecular formula is C21H33N9O4. The zero-order valence-electron chi connectivity index (χ0n) is 19.6. The fraction of sp³-hybridized carbons (Fsp3) is 0.619. The van der Waals surface area contributed by atoms with E-state index in [0.717, 1.165) is 36.4 Å². The number of ether oxygens (including phenoxy) is 1. The van der Waals surface area contributed by atoms with Crippen molar-refractivity contribution in [1.82, 2.24) is 24.8 Å². The molecule has 2 aromatic rings. The van der Waals surface area contributed by atoms with Crippen molar-refractivity contribution in [3.8, 4) is 0 Å². The Morgan fingerprint density at radius 1 is 1.26 bits per heavy atom. The molecule has 2 heterocycles. The van der Waals surface area contributed by atoms with Crippen molar-refractivity contribution >= 4 is 35.0 Å². The minimum absolute atomic E-state index is 0.0531. The number of fused-ring (bicyclic) bond motifs is 1. The van der Waals surface area contributed by atoms with Crippen LogP contribution in [0.4, 0.5) is 10.6 Å². The highest BCUT2D eigenvalue weighted by Crippen LogP contribution is 2.29. The first-order valence-electron chi connectivity index (χ1n) is 11.3. The Balaban J connectivity index is 1.46. The normalized spacial score (nSPS) is 18.8. The Kier molecular flexibility index (Phi) is 8.44. The van der Waals surface area contributed by atoms with Crippen LogP contribution in [0.3, 0.4) is 0 Å². The molecule has 2 aromatic heterocycles. The number of hydrogen-bond donors (Lipinski definition) is 4. The average molecular weight is 476 g/mol. The number of guanidine groups is 1. The molecule has 0 saturated heterocycles. The quantitative estimate of drug-likeness (QED) is 0.216. The zero-order chi connectivity index (χ0) is 24.7. The van der Waals surface area contributed by atoms with E-state index in [1.54, 1.807) is 12.7 Å². The van der Waals surface area contributed by atoms with Gasteiger partial charge in [0.1, 0.15) is 18.5 Å². The monoisotopic (exact) mass is 475 g/mol. The topological polar surface area (TPSA) is 187 Å². The van der Waals surface area contributed by atoms with E-state index in [-0.39, 0.29) is 18.5 Å². The van der Waals surface area contributed by atoms with Crippen LogP contribution in [0.2, 0.25) is 0 Å². The number of nitrogens with two attached hydrogens (primary N) is 2. The first-order valence-corrected chi connectivity index (χ1v) is 11.3.